The Kier molecular flexibility index (Phi) is 12.7. The van der Waals surface area contributed by atoms with Crippen molar-refractivity contribution < 1.29 is 23.2 Å². The summed E-state index contributed by atoms with van der Waals surface area (Å²) in [6, 6.07) is 10.2. The molecule has 36 heavy (non-hydrogen) atoms. The fourth-order valence-electron chi connectivity index (χ4n) is 3.44. The minimum absolute atomic E-state index is 0.106. The van der Waals surface area contributed by atoms with Gasteiger partial charge in [0.25, 0.3) is 5.91 Å². The largest absolute Gasteiger partial charge is 0.414 e. The highest BCUT2D eigenvalue weighted by molar-refractivity contribution is 6.74. The summed E-state index contributed by atoms with van der Waals surface area (Å²) < 4.78 is 19.4. The van der Waals surface area contributed by atoms with Crippen LogP contribution < -0.4 is 0 Å². The molecule has 0 bridgehead atoms. The summed E-state index contributed by atoms with van der Waals surface area (Å²) in [6.45, 7) is 22.7. The molecule has 0 N–H and O–H groups in total. The van der Waals surface area contributed by atoms with Crippen LogP contribution in [0.15, 0.2) is 42.0 Å². The second-order valence-electron chi connectivity index (χ2n) is 12.1. The third kappa shape index (κ3) is 11.0. The first-order valence-corrected chi connectivity index (χ1v) is 19.3. The third-order valence-electron chi connectivity index (χ3n) is 6.94. The van der Waals surface area contributed by atoms with E-state index in [1.807, 2.05) is 25.1 Å². The Balaban J connectivity index is 3.18. The molecule has 0 aliphatic rings. The van der Waals surface area contributed by atoms with Gasteiger partial charge < -0.3 is 13.6 Å². The lowest BCUT2D eigenvalue weighted by Crippen LogP contribution is -2.44. The molecule has 206 valence electrons. The summed E-state index contributed by atoms with van der Waals surface area (Å²) in [5.41, 5.74) is 2.20. The lowest BCUT2D eigenvalue weighted by Gasteiger charge is -2.36. The molecule has 1 aromatic carbocycles. The molecule has 0 aliphatic carbocycles. The van der Waals surface area contributed by atoms with E-state index in [9.17, 15) is 4.79 Å². The third-order valence-corrected chi connectivity index (χ3v) is 12.5. The molecule has 0 saturated carbocycles. The molecule has 1 amide bonds. The zero-order chi connectivity index (χ0) is 27.7. The van der Waals surface area contributed by atoms with E-state index in [0.717, 1.165) is 11.1 Å². The van der Waals surface area contributed by atoms with Gasteiger partial charge in [0, 0.05) is 13.5 Å². The van der Waals surface area contributed by atoms with Crippen molar-refractivity contribution in [2.45, 2.75) is 97.6 Å². The lowest BCUT2D eigenvalue weighted by molar-refractivity contribution is -0.176. The van der Waals surface area contributed by atoms with Gasteiger partial charge in [-0.1, -0.05) is 64.1 Å². The van der Waals surface area contributed by atoms with Gasteiger partial charge in [0.05, 0.1) is 38.4 Å². The number of hydrogen-bond acceptors (Lipinski definition) is 5. The smallest absolute Gasteiger partial charge is 0.251 e. The van der Waals surface area contributed by atoms with Crippen LogP contribution in [0, 0.1) is 5.92 Å². The average molecular weight is 538 g/mol. The number of benzene rings is 1. The summed E-state index contributed by atoms with van der Waals surface area (Å²) in [7, 11) is -0.663. The van der Waals surface area contributed by atoms with E-state index in [-0.39, 0.29) is 29.1 Å². The Hall–Kier alpha value is -1.30. The Bertz CT molecular complexity index is 831. The van der Waals surface area contributed by atoms with Crippen LogP contribution in [0.1, 0.15) is 46.6 Å². The number of ether oxygens (including phenoxy) is 1. The van der Waals surface area contributed by atoms with Crippen molar-refractivity contribution in [2.75, 3.05) is 20.8 Å². The fraction of sp³-hybridized carbons (Fsp3) is 0.679. The van der Waals surface area contributed by atoms with Gasteiger partial charge in [0.2, 0.25) is 0 Å². The van der Waals surface area contributed by atoms with Crippen molar-refractivity contribution in [1.82, 2.24) is 5.06 Å². The van der Waals surface area contributed by atoms with Crippen molar-refractivity contribution in [1.29, 1.82) is 0 Å². The van der Waals surface area contributed by atoms with E-state index in [2.05, 4.69) is 78.6 Å². The molecule has 0 radical (unpaired) electrons. The molecular formula is C28H51NO5Si2. The zero-order valence-electron chi connectivity index (χ0n) is 24.8. The molecule has 0 fully saturated rings. The Morgan fingerprint density at radius 1 is 1.08 bits per heavy atom. The molecule has 0 heterocycles. The average Bonchev–Trinajstić information content (AvgIpc) is 2.78. The molecule has 1 rings (SSSR count). The molecule has 3 atom stereocenters. The minimum Gasteiger partial charge on any atom is -0.414 e. The van der Waals surface area contributed by atoms with Gasteiger partial charge in [0.15, 0.2) is 16.6 Å². The van der Waals surface area contributed by atoms with Crippen molar-refractivity contribution >= 4 is 22.5 Å². The molecule has 0 unspecified atom stereocenters. The van der Waals surface area contributed by atoms with E-state index < -0.39 is 16.6 Å². The first kappa shape index (κ1) is 32.7. The van der Waals surface area contributed by atoms with Crippen LogP contribution in [0.4, 0.5) is 0 Å². The second-order valence-corrected chi connectivity index (χ2v) is 21.4. The van der Waals surface area contributed by atoms with Crippen molar-refractivity contribution in [2.24, 2.45) is 5.92 Å². The molecule has 8 heteroatoms. The summed E-state index contributed by atoms with van der Waals surface area (Å²) >= 11 is 0. The predicted molar refractivity (Wildman–Crippen MR) is 154 cm³/mol. The van der Waals surface area contributed by atoms with Crippen LogP contribution in [0.5, 0.6) is 0 Å². The lowest BCUT2D eigenvalue weighted by atomic mass is 9.95. The predicted octanol–water partition coefficient (Wildman–Crippen LogP) is 6.81. The van der Waals surface area contributed by atoms with E-state index in [0.29, 0.717) is 19.6 Å². The molecule has 1 aromatic rings. The Morgan fingerprint density at radius 3 is 2.17 bits per heavy atom. The number of rotatable bonds is 14. The quantitative estimate of drug-likeness (QED) is 0.148. The highest BCUT2D eigenvalue weighted by atomic mass is 28.4. The fourth-order valence-corrected chi connectivity index (χ4v) is 5.58. The monoisotopic (exact) mass is 537 g/mol. The Morgan fingerprint density at radius 2 is 1.67 bits per heavy atom. The molecule has 0 aromatic heterocycles. The maximum Gasteiger partial charge on any atom is 0.251 e. The van der Waals surface area contributed by atoms with Crippen LogP contribution in [0.25, 0.3) is 0 Å². The maximum atomic E-state index is 13.0. The molecule has 0 saturated heterocycles. The summed E-state index contributed by atoms with van der Waals surface area (Å²) in [5, 5.41) is 1.43. The van der Waals surface area contributed by atoms with Gasteiger partial charge in [-0.25, -0.2) is 5.06 Å². The van der Waals surface area contributed by atoms with Crippen LogP contribution in [0.3, 0.4) is 0 Å². The van der Waals surface area contributed by atoms with Crippen LogP contribution >= 0.6 is 0 Å². The van der Waals surface area contributed by atoms with E-state index >= 15 is 0 Å². The number of nitrogens with zero attached hydrogens (tertiary/aromatic N) is 1. The summed E-state index contributed by atoms with van der Waals surface area (Å²) in [5.74, 6) is -0.480. The van der Waals surface area contributed by atoms with Gasteiger partial charge in [0.1, 0.15) is 0 Å². The minimum atomic E-state index is -1.94. The number of hydrogen-bond donors (Lipinski definition) is 0. The molecule has 0 aliphatic heterocycles. The van der Waals surface area contributed by atoms with Crippen molar-refractivity contribution in [3.05, 3.63) is 47.5 Å². The van der Waals surface area contributed by atoms with Gasteiger partial charge in [-0.2, -0.15) is 0 Å². The highest BCUT2D eigenvalue weighted by Gasteiger charge is 2.37. The summed E-state index contributed by atoms with van der Waals surface area (Å²) in [6.07, 6.45) is 2.20. The molecule has 0 spiro atoms. The van der Waals surface area contributed by atoms with Gasteiger partial charge >= 0.3 is 0 Å². The van der Waals surface area contributed by atoms with Crippen molar-refractivity contribution in [3.8, 4) is 0 Å². The van der Waals surface area contributed by atoms with Crippen LogP contribution in [0.2, 0.25) is 37.8 Å². The maximum absolute atomic E-state index is 13.0. The highest BCUT2D eigenvalue weighted by Crippen LogP contribution is 2.36. The van der Waals surface area contributed by atoms with Gasteiger partial charge in [-0.15, -0.1) is 0 Å². The van der Waals surface area contributed by atoms with Crippen LogP contribution in [-0.2, 0) is 29.8 Å². The standard InChI is InChI=1S/C28H51NO5Si2/c1-22(18-19-33-36(11,12)28(3,4)5)25(32-21-24-16-14-13-15-17-24)20-26(34-35(8,9)10)23(2)27(30)29(6)31-7/h13-18,23,25-26H,19-21H2,1-12H3/b22-18+/t23-,25-,26+/m0/s1. The first-order valence-electron chi connectivity index (χ1n) is 12.9. The van der Waals surface area contributed by atoms with Crippen molar-refractivity contribution in [3.63, 3.8) is 0 Å². The number of amides is 1. The topological polar surface area (TPSA) is 57.2 Å². The SMILES string of the molecule is CON(C)C(=O)[C@@H](C)[C@@H](C[C@H](OCc1ccccc1)/C(C)=C/CO[Si](C)(C)C(C)(C)C)O[Si](C)(C)C. The first-order chi connectivity index (χ1) is 16.5. The number of hydroxylamine groups is 2. The molecular weight excluding hydrogens is 486 g/mol. The Labute approximate surface area is 222 Å². The second kappa shape index (κ2) is 14.0. The van der Waals surface area contributed by atoms with Crippen LogP contribution in [-0.4, -0.2) is 60.6 Å². The zero-order valence-corrected chi connectivity index (χ0v) is 26.8. The normalized spacial score (nSPS) is 15.9. The van der Waals surface area contributed by atoms with E-state index in [1.54, 1.807) is 7.05 Å². The summed E-state index contributed by atoms with van der Waals surface area (Å²) in [4.78, 5) is 18.1. The van der Waals surface area contributed by atoms with Gasteiger partial charge in [-0.05, 0) is 55.8 Å². The molecule has 6 nitrogen and oxygen atoms in total. The number of carbonyl (C=O) groups excluding carboxylic acids is 1. The number of carbonyl (C=O) groups is 1. The van der Waals surface area contributed by atoms with E-state index in [1.165, 1.54) is 12.2 Å². The van der Waals surface area contributed by atoms with E-state index in [4.69, 9.17) is 18.4 Å². The van der Waals surface area contributed by atoms with Gasteiger partial charge in [-0.3, -0.25) is 9.63 Å².